The van der Waals surface area contributed by atoms with Gasteiger partial charge in [-0.1, -0.05) is 202 Å². The molecule has 408 valence electrons. The quantitative estimate of drug-likeness (QED) is 0.0205. The van der Waals surface area contributed by atoms with Crippen LogP contribution >= 0.6 is 7.82 Å². The number of unbranched alkanes of at least 4 members (excludes halogenated alkanes) is 20. The molecule has 10 heteroatoms. The summed E-state index contributed by atoms with van der Waals surface area (Å²) >= 11 is 0. The minimum Gasteiger partial charge on any atom is -0.456 e. The van der Waals surface area contributed by atoms with Crippen molar-refractivity contribution in [3.05, 3.63) is 97.2 Å². The number of quaternary nitrogens is 1. The number of phosphoric acid groups is 1. The highest BCUT2D eigenvalue weighted by molar-refractivity contribution is 7.47. The van der Waals surface area contributed by atoms with Crippen molar-refractivity contribution in [3.8, 4) is 0 Å². The van der Waals surface area contributed by atoms with Crippen LogP contribution in [0.5, 0.6) is 0 Å². The lowest BCUT2D eigenvalue weighted by Gasteiger charge is -2.27. The lowest BCUT2D eigenvalue weighted by Crippen LogP contribution is -2.47. The van der Waals surface area contributed by atoms with E-state index in [4.69, 9.17) is 13.8 Å². The minimum absolute atomic E-state index is 0.0217. The zero-order valence-corrected chi connectivity index (χ0v) is 47.3. The standard InChI is InChI=1S/C61H107N2O7P/c1-7-10-13-16-19-22-25-27-29-31-33-35-38-41-44-47-50-53-60(64)62-58(57-69-71(66,67)68-56-55-63(4,5)6)59(52-49-46-43-40-37-24-21-18-15-12-9-3)70-61(65)54-51-48-45-42-39-36-34-32-30-28-26-23-20-17-14-11-8-2/h19-20,22-23,27-30,33-36,41,44,49,52,58-59H,7-18,21,24-26,31-32,37-40,42-43,45-48,50-51,53-57H2,1-6H3,(H-,62,64,66,67)/p+1/b22-19-,23-20-,29-27-,30-28-,35-33-,36-34-,44-41-,52-49+. The molecular weight excluding hydrogens is 904 g/mol. The van der Waals surface area contributed by atoms with Gasteiger partial charge in [0.15, 0.2) is 0 Å². The number of nitrogens with zero attached hydrogens (tertiary/aromatic N) is 1. The van der Waals surface area contributed by atoms with Crippen molar-refractivity contribution in [2.75, 3.05) is 40.9 Å². The molecule has 0 heterocycles. The number of carbonyl (C=O) groups excluding carboxylic acids is 2. The third-order valence-corrected chi connectivity index (χ3v) is 13.0. The number of rotatable bonds is 50. The van der Waals surface area contributed by atoms with Gasteiger partial charge in [0.05, 0.1) is 33.8 Å². The SMILES string of the molecule is CCCCC/C=C\C/C=C\C/C=C\C/C=C\CCCC(=O)NC(COP(=O)(O)OCC[N+](C)(C)C)C(/C=C/CCCCCCCCCCC)OC(=O)CCCCCC/C=C\C/C=C\C/C=C\CCCCC. The van der Waals surface area contributed by atoms with Crippen LogP contribution in [0.1, 0.15) is 226 Å². The molecule has 0 aliphatic rings. The van der Waals surface area contributed by atoms with Crippen LogP contribution in [-0.2, 0) is 27.9 Å². The number of nitrogens with one attached hydrogen (secondary N) is 1. The Balaban J connectivity index is 5.47. The molecule has 0 aliphatic carbocycles. The number of ether oxygens (including phenoxy) is 1. The molecule has 3 atom stereocenters. The molecule has 0 bridgehead atoms. The van der Waals surface area contributed by atoms with Crippen LogP contribution in [0.15, 0.2) is 97.2 Å². The fraction of sp³-hybridized carbons (Fsp3) is 0.705. The first-order valence-corrected chi connectivity index (χ1v) is 30.1. The first kappa shape index (κ1) is 67.9. The Hall–Kier alpha value is -3.07. The fourth-order valence-corrected chi connectivity index (χ4v) is 8.26. The maximum absolute atomic E-state index is 13.5. The highest BCUT2D eigenvalue weighted by atomic mass is 31.2. The van der Waals surface area contributed by atoms with Gasteiger partial charge in [-0.05, 0) is 109 Å². The van der Waals surface area contributed by atoms with Gasteiger partial charge in [0.1, 0.15) is 19.3 Å². The normalized spacial score (nSPS) is 14.5. The molecule has 0 aromatic rings. The van der Waals surface area contributed by atoms with Crippen LogP contribution < -0.4 is 5.32 Å². The van der Waals surface area contributed by atoms with E-state index in [0.717, 1.165) is 83.5 Å². The van der Waals surface area contributed by atoms with Crippen LogP contribution in [-0.4, -0.2) is 74.3 Å². The zero-order valence-electron chi connectivity index (χ0n) is 46.4. The van der Waals surface area contributed by atoms with Crippen LogP contribution in [0.3, 0.4) is 0 Å². The summed E-state index contributed by atoms with van der Waals surface area (Å²) in [6.07, 6.45) is 66.9. The van der Waals surface area contributed by atoms with E-state index >= 15 is 0 Å². The van der Waals surface area contributed by atoms with Crippen molar-refractivity contribution in [3.63, 3.8) is 0 Å². The number of amides is 1. The molecule has 0 rings (SSSR count). The second-order valence-electron chi connectivity index (χ2n) is 20.1. The lowest BCUT2D eigenvalue weighted by atomic mass is 10.1. The molecule has 0 aromatic carbocycles. The largest absolute Gasteiger partial charge is 0.472 e. The predicted octanol–water partition coefficient (Wildman–Crippen LogP) is 17.2. The summed E-state index contributed by atoms with van der Waals surface area (Å²) in [7, 11) is 1.43. The number of esters is 1. The van der Waals surface area contributed by atoms with Crippen molar-refractivity contribution in [2.45, 2.75) is 238 Å². The number of hydrogen-bond acceptors (Lipinski definition) is 6. The van der Waals surface area contributed by atoms with Crippen LogP contribution in [0.4, 0.5) is 0 Å². The summed E-state index contributed by atoms with van der Waals surface area (Å²) in [5.41, 5.74) is 0. The average molecular weight is 1010 g/mol. The summed E-state index contributed by atoms with van der Waals surface area (Å²) in [6.45, 7) is 6.87. The number of phosphoric ester groups is 1. The smallest absolute Gasteiger partial charge is 0.456 e. The highest BCUT2D eigenvalue weighted by Gasteiger charge is 2.30. The Morgan fingerprint density at radius 2 is 0.873 bits per heavy atom. The summed E-state index contributed by atoms with van der Waals surface area (Å²) in [4.78, 5) is 37.5. The van der Waals surface area contributed by atoms with E-state index in [9.17, 15) is 19.0 Å². The maximum atomic E-state index is 13.5. The van der Waals surface area contributed by atoms with Gasteiger partial charge in [-0.3, -0.25) is 18.6 Å². The Labute approximate surface area is 437 Å². The van der Waals surface area contributed by atoms with Crippen LogP contribution in [0.25, 0.3) is 0 Å². The summed E-state index contributed by atoms with van der Waals surface area (Å²) in [6, 6.07) is -0.890. The third-order valence-electron chi connectivity index (χ3n) is 12.0. The molecule has 0 fully saturated rings. The van der Waals surface area contributed by atoms with Crippen LogP contribution in [0.2, 0.25) is 0 Å². The van der Waals surface area contributed by atoms with Gasteiger partial charge in [-0.2, -0.15) is 0 Å². The van der Waals surface area contributed by atoms with Gasteiger partial charge in [0.25, 0.3) is 0 Å². The Morgan fingerprint density at radius 3 is 1.34 bits per heavy atom. The third kappa shape index (κ3) is 51.6. The molecule has 9 nitrogen and oxygen atoms in total. The molecule has 0 radical (unpaired) electrons. The van der Waals surface area contributed by atoms with E-state index < -0.39 is 20.0 Å². The van der Waals surface area contributed by atoms with E-state index in [2.05, 4.69) is 111 Å². The van der Waals surface area contributed by atoms with E-state index in [1.807, 2.05) is 33.3 Å². The molecule has 0 aliphatic heterocycles. The molecule has 2 N–H and O–H groups in total. The lowest BCUT2D eigenvalue weighted by molar-refractivity contribution is -0.870. The number of likely N-dealkylation sites (N-methyl/N-ethyl adjacent to an activating group) is 1. The summed E-state index contributed by atoms with van der Waals surface area (Å²) in [5, 5.41) is 3.00. The molecule has 0 spiro atoms. The zero-order chi connectivity index (χ0) is 52.2. The Kier molecular flexibility index (Phi) is 48.3. The number of hydrogen-bond donors (Lipinski definition) is 2. The van der Waals surface area contributed by atoms with Crippen molar-refractivity contribution < 1.29 is 37.3 Å². The topological polar surface area (TPSA) is 111 Å². The number of carbonyl (C=O) groups is 2. The van der Waals surface area contributed by atoms with Gasteiger partial charge in [0.2, 0.25) is 5.91 Å². The summed E-state index contributed by atoms with van der Waals surface area (Å²) < 4.78 is 30.5. The number of allylic oxidation sites excluding steroid dienone is 15. The van der Waals surface area contributed by atoms with Crippen molar-refractivity contribution in [1.29, 1.82) is 0 Å². The molecule has 0 aromatic heterocycles. The molecule has 71 heavy (non-hydrogen) atoms. The Bertz CT molecular complexity index is 1540. The monoisotopic (exact) mass is 1010 g/mol. The van der Waals surface area contributed by atoms with Gasteiger partial charge < -0.3 is 19.4 Å². The molecule has 3 unspecified atom stereocenters. The minimum atomic E-state index is -4.47. The molecule has 1 amide bonds. The molecular formula is C61H108N2O7P+. The van der Waals surface area contributed by atoms with Crippen molar-refractivity contribution in [1.82, 2.24) is 5.32 Å². The van der Waals surface area contributed by atoms with Crippen molar-refractivity contribution in [2.24, 2.45) is 0 Å². The van der Waals surface area contributed by atoms with Crippen molar-refractivity contribution >= 4 is 19.7 Å². The second kappa shape index (κ2) is 50.5. The Morgan fingerprint density at radius 1 is 0.493 bits per heavy atom. The fourth-order valence-electron chi connectivity index (χ4n) is 7.53. The van der Waals surface area contributed by atoms with E-state index in [1.165, 1.54) is 96.3 Å². The van der Waals surface area contributed by atoms with Gasteiger partial charge in [0, 0.05) is 12.8 Å². The second-order valence-corrected chi connectivity index (χ2v) is 21.6. The average Bonchev–Trinajstić information content (AvgIpc) is 3.33. The van der Waals surface area contributed by atoms with Gasteiger partial charge in [-0.25, -0.2) is 4.57 Å². The van der Waals surface area contributed by atoms with E-state index in [-0.39, 0.29) is 37.9 Å². The first-order chi connectivity index (χ1) is 34.4. The first-order valence-electron chi connectivity index (χ1n) is 28.6. The van der Waals surface area contributed by atoms with Gasteiger partial charge in [-0.15, -0.1) is 0 Å². The summed E-state index contributed by atoms with van der Waals surface area (Å²) in [5.74, 6) is -0.603. The van der Waals surface area contributed by atoms with E-state index in [0.29, 0.717) is 23.9 Å². The molecule has 0 saturated heterocycles. The maximum Gasteiger partial charge on any atom is 0.472 e. The van der Waals surface area contributed by atoms with E-state index in [1.54, 1.807) is 0 Å². The predicted molar refractivity (Wildman–Crippen MR) is 304 cm³/mol. The van der Waals surface area contributed by atoms with Crippen LogP contribution in [0, 0.1) is 0 Å². The molecule has 0 saturated carbocycles. The highest BCUT2D eigenvalue weighted by Crippen LogP contribution is 2.43. The van der Waals surface area contributed by atoms with Gasteiger partial charge >= 0.3 is 13.8 Å².